The van der Waals surface area contributed by atoms with Crippen LogP contribution in [0.5, 0.6) is 5.75 Å². The molecule has 5 rings (SSSR count). The van der Waals surface area contributed by atoms with Gasteiger partial charge in [0.25, 0.3) is 0 Å². The quantitative estimate of drug-likeness (QED) is 0.541. The number of hydrogen-bond donors (Lipinski definition) is 0. The van der Waals surface area contributed by atoms with Crippen molar-refractivity contribution in [2.24, 2.45) is 0 Å². The Kier molecular flexibility index (Phi) is 3.91. The minimum Gasteiger partial charge on any atom is -0.472 e. The van der Waals surface area contributed by atoms with Gasteiger partial charge in [-0.05, 0) is 62.1 Å². The van der Waals surface area contributed by atoms with Gasteiger partial charge in [-0.1, -0.05) is 0 Å². The highest BCUT2D eigenvalue weighted by atomic mass is 19.4. The molecule has 0 N–H and O–H groups in total. The Bertz CT molecular complexity index is 1180. The molecule has 0 bridgehead atoms. The Hall–Kier alpha value is -2.96. The lowest BCUT2D eigenvalue weighted by Gasteiger charge is -2.32. The summed E-state index contributed by atoms with van der Waals surface area (Å²) in [6, 6.07) is 7.08. The van der Waals surface area contributed by atoms with Gasteiger partial charge in [-0.3, -0.25) is 0 Å². The highest BCUT2D eigenvalue weighted by molar-refractivity contribution is 5.87. The van der Waals surface area contributed by atoms with Crippen molar-refractivity contribution in [2.45, 2.75) is 38.9 Å². The zero-order valence-electron chi connectivity index (χ0n) is 15.7. The topological polar surface area (TPSA) is 42.7 Å². The van der Waals surface area contributed by atoms with Crippen LogP contribution in [0.25, 0.3) is 11.0 Å². The molecule has 2 aromatic carbocycles. The second-order valence-corrected chi connectivity index (χ2v) is 7.58. The summed E-state index contributed by atoms with van der Waals surface area (Å²) in [5, 5.41) is 0.936. The first-order valence-corrected chi connectivity index (χ1v) is 9.49. The maximum absolute atomic E-state index is 12.8. The molecule has 150 valence electrons. The number of nitrogens with zero attached hydrogens (tertiary/aromatic N) is 1. The average Bonchev–Trinajstić information content (AvgIpc) is 3.19. The number of aryl methyl sites for hydroxylation is 2. The average molecular weight is 401 g/mol. The van der Waals surface area contributed by atoms with Crippen molar-refractivity contribution in [1.82, 2.24) is 0 Å². The number of hydrogen-bond acceptors (Lipinski definition) is 4. The van der Waals surface area contributed by atoms with Crippen LogP contribution in [0.2, 0.25) is 0 Å². The van der Waals surface area contributed by atoms with Gasteiger partial charge < -0.3 is 14.1 Å². The molecule has 4 nitrogen and oxygen atoms in total. The Morgan fingerprint density at radius 1 is 1.07 bits per heavy atom. The van der Waals surface area contributed by atoms with E-state index in [1.165, 1.54) is 12.1 Å². The third-order valence-corrected chi connectivity index (χ3v) is 5.81. The molecule has 0 unspecified atom stereocenters. The van der Waals surface area contributed by atoms with Crippen LogP contribution in [-0.4, -0.2) is 6.73 Å². The summed E-state index contributed by atoms with van der Waals surface area (Å²) in [6.07, 6.45) is -1.84. The Morgan fingerprint density at radius 2 is 1.79 bits per heavy atom. The number of fused-ring (bicyclic) bond motifs is 4. The molecule has 2 aliphatic rings. The summed E-state index contributed by atoms with van der Waals surface area (Å²) in [4.78, 5) is 14.2. The van der Waals surface area contributed by atoms with Crippen molar-refractivity contribution in [1.29, 1.82) is 0 Å². The van der Waals surface area contributed by atoms with Crippen LogP contribution in [0.15, 0.2) is 39.5 Å². The lowest BCUT2D eigenvalue weighted by atomic mass is 9.99. The van der Waals surface area contributed by atoms with Gasteiger partial charge in [0.15, 0.2) is 6.73 Å². The second kappa shape index (κ2) is 6.27. The first kappa shape index (κ1) is 18.1. The fraction of sp³-hybridized carbons (Fsp3) is 0.318. The van der Waals surface area contributed by atoms with E-state index in [1.54, 1.807) is 0 Å². The second-order valence-electron chi connectivity index (χ2n) is 7.58. The third-order valence-electron chi connectivity index (χ3n) is 5.81. The Labute approximate surface area is 164 Å². The summed E-state index contributed by atoms with van der Waals surface area (Å²) in [5.41, 5.74) is 3.81. The van der Waals surface area contributed by atoms with Gasteiger partial charge in [0.05, 0.1) is 5.56 Å². The summed E-state index contributed by atoms with van der Waals surface area (Å²) >= 11 is 0. The summed E-state index contributed by atoms with van der Waals surface area (Å²) in [7, 11) is 0. The molecule has 2 heterocycles. The summed E-state index contributed by atoms with van der Waals surface area (Å²) < 4.78 is 50.0. The van der Waals surface area contributed by atoms with Gasteiger partial charge in [-0.2, -0.15) is 13.2 Å². The normalized spacial score (nSPS) is 15.9. The van der Waals surface area contributed by atoms with Gasteiger partial charge in [-0.15, -0.1) is 0 Å². The predicted octanol–water partition coefficient (Wildman–Crippen LogP) is 4.97. The van der Waals surface area contributed by atoms with Crippen LogP contribution in [0.4, 0.5) is 18.9 Å². The van der Waals surface area contributed by atoms with Crippen molar-refractivity contribution >= 4 is 16.7 Å². The van der Waals surface area contributed by atoms with E-state index in [2.05, 4.69) is 0 Å². The molecule has 7 heteroatoms. The molecule has 0 atom stereocenters. The Morgan fingerprint density at radius 3 is 2.52 bits per heavy atom. The van der Waals surface area contributed by atoms with Gasteiger partial charge in [0, 0.05) is 34.3 Å². The standard InChI is InChI=1S/C22H18F3NO3/c1-12-19-13(9-18-16-3-2-4-17(16)21(27)29-20(12)18)10-26(11-28-19)15-7-5-14(6-8-15)22(23,24)25/h5-9H,2-4,10-11H2,1H3. The summed E-state index contributed by atoms with van der Waals surface area (Å²) in [6.45, 7) is 2.59. The molecule has 0 spiro atoms. The first-order valence-electron chi connectivity index (χ1n) is 9.49. The molecular formula is C22H18F3NO3. The fourth-order valence-corrected chi connectivity index (χ4v) is 4.37. The zero-order valence-corrected chi connectivity index (χ0v) is 15.7. The highest BCUT2D eigenvalue weighted by Gasteiger charge is 2.31. The summed E-state index contributed by atoms with van der Waals surface area (Å²) in [5.74, 6) is 0.682. The van der Waals surface area contributed by atoms with Crippen LogP contribution in [0.3, 0.4) is 0 Å². The third kappa shape index (κ3) is 2.87. The van der Waals surface area contributed by atoms with E-state index in [0.29, 0.717) is 23.6 Å². The molecule has 3 aromatic rings. The molecule has 29 heavy (non-hydrogen) atoms. The van der Waals surface area contributed by atoms with E-state index < -0.39 is 11.7 Å². The van der Waals surface area contributed by atoms with Gasteiger partial charge in [0.2, 0.25) is 0 Å². The van der Waals surface area contributed by atoms with Crippen LogP contribution in [0.1, 0.15) is 34.2 Å². The lowest BCUT2D eigenvalue weighted by Crippen LogP contribution is -2.32. The first-order chi connectivity index (χ1) is 13.8. The molecule has 1 aliphatic carbocycles. The molecule has 0 saturated heterocycles. The van der Waals surface area contributed by atoms with Crippen LogP contribution in [-0.2, 0) is 25.6 Å². The van der Waals surface area contributed by atoms with Crippen molar-refractivity contribution in [3.63, 3.8) is 0 Å². The monoisotopic (exact) mass is 401 g/mol. The molecule has 1 aromatic heterocycles. The minimum atomic E-state index is -4.36. The molecule has 0 saturated carbocycles. The van der Waals surface area contributed by atoms with Crippen LogP contribution < -0.4 is 15.3 Å². The van der Waals surface area contributed by atoms with Crippen molar-refractivity contribution in [3.8, 4) is 5.75 Å². The molecule has 0 fully saturated rings. The predicted molar refractivity (Wildman–Crippen MR) is 102 cm³/mol. The van der Waals surface area contributed by atoms with E-state index in [0.717, 1.165) is 59.0 Å². The van der Waals surface area contributed by atoms with E-state index >= 15 is 0 Å². The van der Waals surface area contributed by atoms with Gasteiger partial charge in [0.1, 0.15) is 11.3 Å². The molecule has 1 aliphatic heterocycles. The number of halogens is 3. The maximum Gasteiger partial charge on any atom is 0.416 e. The SMILES string of the molecule is Cc1c2c(cc3c4c(c(=O)oc13)CCC4)CN(c1ccc(C(F)(F)F)cc1)CO2. The highest BCUT2D eigenvalue weighted by Crippen LogP contribution is 2.39. The molecular weight excluding hydrogens is 383 g/mol. The smallest absolute Gasteiger partial charge is 0.416 e. The molecule has 0 radical (unpaired) electrons. The van der Waals surface area contributed by atoms with Crippen molar-refractivity contribution in [3.05, 3.63) is 68.6 Å². The number of anilines is 1. The number of rotatable bonds is 1. The van der Waals surface area contributed by atoms with E-state index in [1.807, 2.05) is 17.9 Å². The zero-order chi connectivity index (χ0) is 20.3. The maximum atomic E-state index is 12.8. The fourth-order valence-electron chi connectivity index (χ4n) is 4.37. The number of alkyl halides is 3. The lowest BCUT2D eigenvalue weighted by molar-refractivity contribution is -0.137. The van der Waals surface area contributed by atoms with Crippen molar-refractivity contribution in [2.75, 3.05) is 11.6 Å². The van der Waals surface area contributed by atoms with Gasteiger partial charge >= 0.3 is 11.8 Å². The van der Waals surface area contributed by atoms with E-state index in [9.17, 15) is 18.0 Å². The molecule has 0 amide bonds. The van der Waals surface area contributed by atoms with Crippen LogP contribution >= 0.6 is 0 Å². The van der Waals surface area contributed by atoms with Crippen LogP contribution in [0, 0.1) is 6.92 Å². The van der Waals surface area contributed by atoms with Crippen molar-refractivity contribution < 1.29 is 22.3 Å². The number of ether oxygens (including phenoxy) is 1. The van der Waals surface area contributed by atoms with E-state index in [4.69, 9.17) is 9.15 Å². The number of benzene rings is 2. The van der Waals surface area contributed by atoms with Gasteiger partial charge in [-0.25, -0.2) is 4.79 Å². The largest absolute Gasteiger partial charge is 0.472 e. The van der Waals surface area contributed by atoms with E-state index in [-0.39, 0.29) is 12.4 Å². The minimum absolute atomic E-state index is 0.208. The Balaban J connectivity index is 1.55.